The van der Waals surface area contributed by atoms with Crippen LogP contribution in [0.4, 0.5) is 0 Å². The third-order valence-corrected chi connectivity index (χ3v) is 3.53. The summed E-state index contributed by atoms with van der Waals surface area (Å²) in [7, 11) is 0. The Morgan fingerprint density at radius 1 is 1.41 bits per heavy atom. The molecular weight excluding hydrogens is 284 g/mol. The van der Waals surface area contributed by atoms with Gasteiger partial charge >= 0.3 is 5.97 Å². The van der Waals surface area contributed by atoms with Crippen LogP contribution in [0.3, 0.4) is 0 Å². The van der Waals surface area contributed by atoms with Crippen molar-refractivity contribution in [3.8, 4) is 0 Å². The van der Waals surface area contributed by atoms with Gasteiger partial charge in [-0.2, -0.15) is 0 Å². The van der Waals surface area contributed by atoms with E-state index in [9.17, 15) is 9.59 Å². The molecule has 1 aromatic carbocycles. The lowest BCUT2D eigenvalue weighted by Gasteiger charge is -2.16. The van der Waals surface area contributed by atoms with Crippen molar-refractivity contribution in [2.75, 3.05) is 0 Å². The first-order valence-electron chi connectivity index (χ1n) is 7.43. The molecule has 6 heteroatoms. The second kappa shape index (κ2) is 7.59. The molecule has 1 aliphatic rings. The lowest BCUT2D eigenvalue weighted by atomic mass is 10.0. The largest absolute Gasteiger partial charge is 0.480 e. The third-order valence-electron chi connectivity index (χ3n) is 3.53. The minimum atomic E-state index is -1.02. The number of nitrogens with one attached hydrogen (secondary N) is 1. The zero-order chi connectivity index (χ0) is 15.9. The second-order valence-corrected chi connectivity index (χ2v) is 5.24. The van der Waals surface area contributed by atoms with Crippen LogP contribution in [0, 0.1) is 0 Å². The van der Waals surface area contributed by atoms with Crippen molar-refractivity contribution >= 4 is 17.6 Å². The summed E-state index contributed by atoms with van der Waals surface area (Å²) >= 11 is 0. The van der Waals surface area contributed by atoms with Gasteiger partial charge in [0.15, 0.2) is 0 Å². The minimum absolute atomic E-state index is 0.343. The van der Waals surface area contributed by atoms with Crippen LogP contribution in [0.5, 0.6) is 0 Å². The number of hydrogen-bond acceptors (Lipinski definition) is 4. The topological polar surface area (TPSA) is 88.0 Å². The summed E-state index contributed by atoms with van der Waals surface area (Å²) in [6, 6.07) is 8.58. The van der Waals surface area contributed by atoms with E-state index < -0.39 is 24.0 Å². The number of carboxylic acid groups (broad SMARTS) is 1. The van der Waals surface area contributed by atoms with Gasteiger partial charge in [0.2, 0.25) is 6.10 Å². The Morgan fingerprint density at radius 2 is 2.14 bits per heavy atom. The molecule has 22 heavy (non-hydrogen) atoms. The Labute approximate surface area is 129 Å². The number of carbonyl (C=O) groups excluding carboxylic acids is 1. The lowest BCUT2D eigenvalue weighted by molar-refractivity contribution is -0.144. The van der Waals surface area contributed by atoms with E-state index in [1.165, 1.54) is 0 Å². The number of carboxylic acids is 1. The molecule has 2 N–H and O–H groups in total. The first kappa shape index (κ1) is 16.0. The van der Waals surface area contributed by atoms with Crippen molar-refractivity contribution in [1.82, 2.24) is 5.32 Å². The van der Waals surface area contributed by atoms with Crippen LogP contribution in [0.2, 0.25) is 0 Å². The number of carbonyl (C=O) groups is 2. The van der Waals surface area contributed by atoms with Crippen LogP contribution >= 0.6 is 0 Å². The van der Waals surface area contributed by atoms with Gasteiger partial charge in [0, 0.05) is 6.42 Å². The van der Waals surface area contributed by atoms with Crippen LogP contribution < -0.4 is 5.32 Å². The van der Waals surface area contributed by atoms with Crippen LogP contribution in [0.15, 0.2) is 35.5 Å². The maximum Gasteiger partial charge on any atom is 0.326 e. The highest BCUT2D eigenvalue weighted by Crippen LogP contribution is 2.17. The first-order valence-corrected chi connectivity index (χ1v) is 7.43. The summed E-state index contributed by atoms with van der Waals surface area (Å²) in [4.78, 5) is 28.4. The third kappa shape index (κ3) is 4.07. The van der Waals surface area contributed by atoms with Gasteiger partial charge in [-0.1, -0.05) is 55.3 Å². The molecule has 2 atom stereocenters. The summed E-state index contributed by atoms with van der Waals surface area (Å²) in [6.07, 6.45) is 1.61. The molecule has 0 fully saturated rings. The number of amides is 1. The summed E-state index contributed by atoms with van der Waals surface area (Å²) < 4.78 is 0. The highest BCUT2D eigenvalue weighted by Gasteiger charge is 2.31. The summed E-state index contributed by atoms with van der Waals surface area (Å²) in [5, 5.41) is 15.6. The number of rotatable bonds is 7. The van der Waals surface area contributed by atoms with Crippen molar-refractivity contribution in [3.05, 3.63) is 35.9 Å². The highest BCUT2D eigenvalue weighted by molar-refractivity contribution is 6.04. The Bertz CT molecular complexity index is 557. The molecule has 118 valence electrons. The molecule has 1 unspecified atom stereocenters. The zero-order valence-corrected chi connectivity index (χ0v) is 12.5. The summed E-state index contributed by atoms with van der Waals surface area (Å²) in [5.41, 5.74) is 1.60. The molecule has 0 bridgehead atoms. The van der Waals surface area contributed by atoms with Crippen molar-refractivity contribution in [2.24, 2.45) is 5.16 Å². The molecule has 1 aromatic rings. The number of aliphatic carboxylic acids is 1. The van der Waals surface area contributed by atoms with Gasteiger partial charge in [-0.3, -0.25) is 4.79 Å². The maximum atomic E-state index is 12.1. The number of unbranched alkanes of at least 4 members (excludes halogenated alkanes) is 1. The van der Waals surface area contributed by atoms with E-state index >= 15 is 0 Å². The minimum Gasteiger partial charge on any atom is -0.480 e. The number of nitrogens with zero attached hydrogens (tertiary/aromatic N) is 1. The summed E-state index contributed by atoms with van der Waals surface area (Å²) in [5.74, 6) is -1.46. The molecule has 0 spiro atoms. The molecular formula is C16H20N2O4. The molecule has 1 aliphatic heterocycles. The van der Waals surface area contributed by atoms with Gasteiger partial charge in [-0.05, 0) is 12.0 Å². The van der Waals surface area contributed by atoms with Gasteiger partial charge < -0.3 is 15.3 Å². The first-order chi connectivity index (χ1) is 10.6. The van der Waals surface area contributed by atoms with Gasteiger partial charge in [0.1, 0.15) is 6.04 Å². The maximum absolute atomic E-state index is 12.1. The van der Waals surface area contributed by atoms with Crippen molar-refractivity contribution < 1.29 is 19.5 Å². The van der Waals surface area contributed by atoms with Crippen molar-refractivity contribution in [2.45, 2.75) is 44.8 Å². The fraction of sp³-hybridized carbons (Fsp3) is 0.438. The molecule has 1 amide bonds. The molecule has 0 aromatic heterocycles. The van der Waals surface area contributed by atoms with Crippen molar-refractivity contribution in [1.29, 1.82) is 0 Å². The smallest absolute Gasteiger partial charge is 0.326 e. The number of benzene rings is 1. The number of oxime groups is 1. The Kier molecular flexibility index (Phi) is 5.52. The second-order valence-electron chi connectivity index (χ2n) is 5.24. The van der Waals surface area contributed by atoms with E-state index in [1.54, 1.807) is 0 Å². The van der Waals surface area contributed by atoms with E-state index in [1.807, 2.05) is 37.3 Å². The molecule has 6 nitrogen and oxygen atoms in total. The van der Waals surface area contributed by atoms with E-state index in [0.717, 1.165) is 18.4 Å². The number of hydrogen-bond donors (Lipinski definition) is 2. The lowest BCUT2D eigenvalue weighted by Crippen LogP contribution is -2.45. The fourth-order valence-electron chi connectivity index (χ4n) is 2.25. The van der Waals surface area contributed by atoms with Crippen LogP contribution in [-0.2, 0) is 14.4 Å². The molecule has 0 radical (unpaired) electrons. The Hall–Kier alpha value is -2.37. The molecule has 1 heterocycles. The van der Waals surface area contributed by atoms with Gasteiger partial charge in [0.05, 0.1) is 5.71 Å². The normalized spacial score (nSPS) is 18.2. The molecule has 0 saturated heterocycles. The standard InChI is InChI=1S/C16H20N2O4/c1-2-3-9-12(16(20)21)17-15(19)14-10-13(18-22-14)11-7-5-4-6-8-11/h4-8,12,14H,2-3,9-10H2,1H3,(H,17,19)(H,20,21)/t12-,14?/m0/s1. The quantitative estimate of drug-likeness (QED) is 0.805. The van der Waals surface area contributed by atoms with Crippen LogP contribution in [0.1, 0.15) is 38.2 Å². The SMILES string of the molecule is CCCC[C@H](NC(=O)C1CC(c2ccccc2)=NO1)C(=O)O. The predicted octanol–water partition coefficient (Wildman–Crippen LogP) is 1.94. The Balaban J connectivity index is 1.91. The monoisotopic (exact) mass is 304 g/mol. The fourth-order valence-corrected chi connectivity index (χ4v) is 2.25. The average Bonchev–Trinajstić information content (AvgIpc) is 3.02. The van der Waals surface area contributed by atoms with E-state index in [0.29, 0.717) is 18.6 Å². The highest BCUT2D eigenvalue weighted by atomic mass is 16.6. The molecule has 0 aliphatic carbocycles. The van der Waals surface area contributed by atoms with Gasteiger partial charge in [-0.25, -0.2) is 4.79 Å². The summed E-state index contributed by atoms with van der Waals surface area (Å²) in [6.45, 7) is 1.97. The van der Waals surface area contributed by atoms with Crippen LogP contribution in [-0.4, -0.2) is 34.8 Å². The molecule has 0 saturated carbocycles. The van der Waals surface area contributed by atoms with Crippen LogP contribution in [0.25, 0.3) is 0 Å². The van der Waals surface area contributed by atoms with E-state index in [4.69, 9.17) is 9.94 Å². The predicted molar refractivity (Wildman–Crippen MR) is 81.6 cm³/mol. The van der Waals surface area contributed by atoms with E-state index in [-0.39, 0.29) is 0 Å². The Morgan fingerprint density at radius 3 is 2.77 bits per heavy atom. The molecule has 2 rings (SSSR count). The zero-order valence-electron chi connectivity index (χ0n) is 12.5. The van der Waals surface area contributed by atoms with Gasteiger partial charge in [-0.15, -0.1) is 0 Å². The van der Waals surface area contributed by atoms with Gasteiger partial charge in [0.25, 0.3) is 5.91 Å². The van der Waals surface area contributed by atoms with Crippen molar-refractivity contribution in [3.63, 3.8) is 0 Å². The van der Waals surface area contributed by atoms with E-state index in [2.05, 4.69) is 10.5 Å². The average molecular weight is 304 g/mol.